The summed E-state index contributed by atoms with van der Waals surface area (Å²) in [4.78, 5) is 18.2. The Hall–Kier alpha value is -6.05. The van der Waals surface area contributed by atoms with Gasteiger partial charge in [0.2, 0.25) is 0 Å². The zero-order chi connectivity index (χ0) is 37.9. The van der Waals surface area contributed by atoms with Crippen LogP contribution in [0.15, 0.2) is 109 Å². The lowest BCUT2D eigenvalue weighted by Crippen LogP contribution is -2.22. The number of hydrogen-bond acceptors (Lipinski definition) is 9. The molecule has 0 bridgehead atoms. The monoisotopic (exact) mass is 750 g/mol. The van der Waals surface area contributed by atoms with Gasteiger partial charge in [-0.1, -0.05) is 34.7 Å². The molecular weight excluding hydrogens is 701 g/mol. The Balaban J connectivity index is 0.820. The molecule has 8 rings (SSSR count). The quantitative estimate of drug-likeness (QED) is 0.0738. The topological polar surface area (TPSA) is 133 Å². The van der Waals surface area contributed by atoms with Crippen LogP contribution in [0, 0.1) is 0 Å². The predicted molar refractivity (Wildman–Crippen MR) is 224 cm³/mol. The maximum atomic E-state index is 13.1. The average molecular weight is 751 g/mol. The number of carbonyl (C=O) groups is 1. The van der Waals surface area contributed by atoms with Crippen molar-refractivity contribution in [3.05, 3.63) is 109 Å². The molecular formula is C43H50N12O. The fourth-order valence-electron chi connectivity index (χ4n) is 7.40. The van der Waals surface area contributed by atoms with Crippen molar-refractivity contribution >= 4 is 28.8 Å². The SMILES string of the molecule is O=C(Nc1cccc(-c2cn(-c3ccc(NCCCN4CCCC4)cc3)nn2)c1)Nc1cccc(-c2cn(-c3ccc(NCCCN4CCCC4)cc3)nn2)c1. The van der Waals surface area contributed by atoms with Crippen LogP contribution < -0.4 is 21.3 Å². The molecule has 2 amide bonds. The van der Waals surface area contributed by atoms with Gasteiger partial charge in [0.05, 0.1) is 23.8 Å². The Morgan fingerprint density at radius 2 is 0.964 bits per heavy atom. The molecule has 4 aromatic carbocycles. The van der Waals surface area contributed by atoms with Crippen LogP contribution in [-0.2, 0) is 0 Å². The number of urea groups is 1. The van der Waals surface area contributed by atoms with Gasteiger partial charge >= 0.3 is 6.03 Å². The summed E-state index contributed by atoms with van der Waals surface area (Å²) >= 11 is 0. The molecule has 2 fully saturated rings. The lowest BCUT2D eigenvalue weighted by Gasteiger charge is -2.14. The summed E-state index contributed by atoms with van der Waals surface area (Å²) in [5, 5.41) is 30.5. The van der Waals surface area contributed by atoms with E-state index in [1.54, 1.807) is 9.36 Å². The van der Waals surface area contributed by atoms with Crippen LogP contribution in [0.1, 0.15) is 38.5 Å². The molecule has 13 heteroatoms. The molecule has 0 aliphatic carbocycles. The molecule has 2 saturated heterocycles. The van der Waals surface area contributed by atoms with Gasteiger partial charge in [-0.2, -0.15) is 0 Å². The molecule has 4 N–H and O–H groups in total. The maximum Gasteiger partial charge on any atom is 0.323 e. The largest absolute Gasteiger partial charge is 0.385 e. The summed E-state index contributed by atoms with van der Waals surface area (Å²) in [7, 11) is 0. The molecule has 0 radical (unpaired) electrons. The van der Waals surface area contributed by atoms with E-state index in [0.29, 0.717) is 22.8 Å². The Kier molecular flexibility index (Phi) is 11.9. The van der Waals surface area contributed by atoms with Crippen molar-refractivity contribution in [2.24, 2.45) is 0 Å². The number of nitrogens with zero attached hydrogens (tertiary/aromatic N) is 8. The first-order valence-corrected chi connectivity index (χ1v) is 19.9. The molecule has 0 unspecified atom stereocenters. The van der Waals surface area contributed by atoms with Gasteiger partial charge in [0.1, 0.15) is 11.4 Å². The molecule has 2 aromatic heterocycles. The molecule has 288 valence electrons. The number of amides is 2. The van der Waals surface area contributed by atoms with E-state index >= 15 is 0 Å². The van der Waals surface area contributed by atoms with Gasteiger partial charge in [0.25, 0.3) is 0 Å². The Labute approximate surface area is 328 Å². The van der Waals surface area contributed by atoms with Gasteiger partial charge in [-0.15, -0.1) is 10.2 Å². The first-order valence-electron chi connectivity index (χ1n) is 19.9. The zero-order valence-corrected chi connectivity index (χ0v) is 31.8. The van der Waals surface area contributed by atoms with Crippen LogP contribution in [0.3, 0.4) is 0 Å². The lowest BCUT2D eigenvalue weighted by molar-refractivity contribution is 0.262. The van der Waals surface area contributed by atoms with E-state index in [2.05, 4.69) is 76.0 Å². The second-order valence-corrected chi connectivity index (χ2v) is 14.6. The summed E-state index contributed by atoms with van der Waals surface area (Å²) in [6.07, 6.45) is 11.4. The van der Waals surface area contributed by atoms with Crippen molar-refractivity contribution in [1.29, 1.82) is 0 Å². The number of rotatable bonds is 16. The van der Waals surface area contributed by atoms with Crippen LogP contribution in [0.2, 0.25) is 0 Å². The second kappa shape index (κ2) is 18.1. The normalized spacial score (nSPS) is 14.6. The maximum absolute atomic E-state index is 13.1. The van der Waals surface area contributed by atoms with Gasteiger partial charge in [-0.05, 0) is 151 Å². The predicted octanol–water partition coefficient (Wildman–Crippen LogP) is 7.62. The van der Waals surface area contributed by atoms with Crippen LogP contribution in [-0.4, -0.2) is 98.2 Å². The van der Waals surface area contributed by atoms with Crippen LogP contribution in [0.25, 0.3) is 33.9 Å². The Morgan fingerprint density at radius 1 is 0.536 bits per heavy atom. The van der Waals surface area contributed by atoms with E-state index in [4.69, 9.17) is 0 Å². The number of hydrogen-bond donors (Lipinski definition) is 4. The second-order valence-electron chi connectivity index (χ2n) is 14.6. The van der Waals surface area contributed by atoms with E-state index in [-0.39, 0.29) is 6.03 Å². The fourth-order valence-corrected chi connectivity index (χ4v) is 7.40. The molecule has 6 aromatic rings. The summed E-state index contributed by atoms with van der Waals surface area (Å²) in [6, 6.07) is 31.2. The van der Waals surface area contributed by atoms with Crippen LogP contribution in [0.4, 0.5) is 27.5 Å². The molecule has 13 nitrogen and oxygen atoms in total. The minimum absolute atomic E-state index is 0.360. The molecule has 2 aliphatic heterocycles. The summed E-state index contributed by atoms with van der Waals surface area (Å²) in [6.45, 7) is 9.17. The number of likely N-dealkylation sites (tertiary alicyclic amines) is 2. The van der Waals surface area contributed by atoms with E-state index in [9.17, 15) is 4.79 Å². The molecule has 0 atom stereocenters. The number of benzene rings is 4. The number of nitrogens with one attached hydrogen (secondary N) is 4. The first-order chi connectivity index (χ1) is 27.6. The molecule has 4 heterocycles. The van der Waals surface area contributed by atoms with Gasteiger partial charge in [0, 0.05) is 47.0 Å². The molecule has 56 heavy (non-hydrogen) atoms. The smallest absolute Gasteiger partial charge is 0.323 e. The van der Waals surface area contributed by atoms with Crippen LogP contribution >= 0.6 is 0 Å². The Morgan fingerprint density at radius 3 is 1.39 bits per heavy atom. The fraction of sp³-hybridized carbons (Fsp3) is 0.326. The summed E-state index contributed by atoms with van der Waals surface area (Å²) in [5.74, 6) is 0. The number of aromatic nitrogens is 6. The molecule has 2 aliphatic rings. The van der Waals surface area contributed by atoms with E-state index < -0.39 is 0 Å². The highest BCUT2D eigenvalue weighted by atomic mass is 16.2. The highest BCUT2D eigenvalue weighted by Crippen LogP contribution is 2.25. The van der Waals surface area contributed by atoms with Crippen LogP contribution in [0.5, 0.6) is 0 Å². The third-order valence-electron chi connectivity index (χ3n) is 10.4. The van der Waals surface area contributed by atoms with Gasteiger partial charge in [-0.3, -0.25) is 0 Å². The van der Waals surface area contributed by atoms with Gasteiger partial charge in [0.15, 0.2) is 0 Å². The third-order valence-corrected chi connectivity index (χ3v) is 10.4. The van der Waals surface area contributed by atoms with E-state index in [1.165, 1.54) is 51.9 Å². The third kappa shape index (κ3) is 9.78. The average Bonchev–Trinajstić information content (AvgIpc) is 4.08. The minimum Gasteiger partial charge on any atom is -0.385 e. The number of carbonyl (C=O) groups excluding carboxylic acids is 1. The Bertz CT molecular complexity index is 2010. The van der Waals surface area contributed by atoms with Crippen molar-refractivity contribution < 1.29 is 4.79 Å². The molecule has 0 spiro atoms. The molecule has 0 saturated carbocycles. The van der Waals surface area contributed by atoms with E-state index in [0.717, 1.165) is 72.9 Å². The number of anilines is 4. The minimum atomic E-state index is -0.360. The van der Waals surface area contributed by atoms with Crippen molar-refractivity contribution in [1.82, 2.24) is 39.8 Å². The van der Waals surface area contributed by atoms with E-state index in [1.807, 2.05) is 85.2 Å². The summed E-state index contributed by atoms with van der Waals surface area (Å²) in [5.41, 5.74) is 8.39. The highest BCUT2D eigenvalue weighted by Gasteiger charge is 2.13. The van der Waals surface area contributed by atoms with Gasteiger partial charge < -0.3 is 31.1 Å². The van der Waals surface area contributed by atoms with Crippen molar-refractivity contribution in [2.75, 3.05) is 73.6 Å². The van der Waals surface area contributed by atoms with Crippen molar-refractivity contribution in [3.8, 4) is 33.9 Å². The lowest BCUT2D eigenvalue weighted by atomic mass is 10.1. The van der Waals surface area contributed by atoms with Crippen molar-refractivity contribution in [2.45, 2.75) is 38.5 Å². The van der Waals surface area contributed by atoms with Gasteiger partial charge in [-0.25, -0.2) is 14.2 Å². The first kappa shape index (κ1) is 36.9. The zero-order valence-electron chi connectivity index (χ0n) is 31.8. The highest BCUT2D eigenvalue weighted by molar-refractivity contribution is 6.00. The summed E-state index contributed by atoms with van der Waals surface area (Å²) < 4.78 is 3.52. The van der Waals surface area contributed by atoms with Crippen molar-refractivity contribution in [3.63, 3.8) is 0 Å². The standard InChI is InChI=1S/C43H50N12O/c56-43(46-37-11-5-9-33(29-37)41-31-54(50-48-41)39-17-13-35(14-18-39)44-21-7-27-52-23-1-2-24-52)47-38-12-6-10-34(30-38)42-32-55(51-49-42)40-19-15-36(16-20-40)45-22-8-28-53-25-3-4-26-53/h5-6,9-20,29-32,44-45H,1-4,7-8,21-28H2,(H2,46,47,56).